The Morgan fingerprint density at radius 1 is 0.476 bits per heavy atom. The number of hydrogen-bond donors (Lipinski definition) is 0. The highest BCUT2D eigenvalue weighted by molar-refractivity contribution is 4.83. The van der Waals surface area contributed by atoms with Gasteiger partial charge < -0.3 is 0 Å². The molecular formula is C21H43. The van der Waals surface area contributed by atoms with Gasteiger partial charge >= 0.3 is 0 Å². The third-order valence-corrected chi connectivity index (χ3v) is 4.72. The predicted octanol–water partition coefficient (Wildman–Crippen LogP) is 7.96. The molecule has 0 amide bonds. The molecule has 0 heterocycles. The van der Waals surface area contributed by atoms with Crippen LogP contribution in [0, 0.1) is 18.3 Å². The van der Waals surface area contributed by atoms with Crippen LogP contribution in [0.4, 0.5) is 0 Å². The average Bonchev–Trinajstić information content (AvgIpc) is 2.48. The minimum absolute atomic E-state index is 0.895. The first-order chi connectivity index (χ1) is 10.3. The molecule has 127 valence electrons. The van der Waals surface area contributed by atoms with Crippen molar-refractivity contribution in [2.24, 2.45) is 11.8 Å². The van der Waals surface area contributed by atoms with Gasteiger partial charge in [0.1, 0.15) is 0 Å². The highest BCUT2D eigenvalue weighted by Gasteiger charge is 2.15. The second-order valence-electron chi connectivity index (χ2n) is 6.99. The van der Waals surface area contributed by atoms with Gasteiger partial charge in [-0.1, -0.05) is 118 Å². The van der Waals surface area contributed by atoms with Gasteiger partial charge in [-0.2, -0.15) is 0 Å². The fourth-order valence-corrected chi connectivity index (χ4v) is 3.45. The summed E-state index contributed by atoms with van der Waals surface area (Å²) in [6, 6.07) is 0. The molecule has 0 aliphatic carbocycles. The van der Waals surface area contributed by atoms with Crippen molar-refractivity contribution in [2.45, 2.75) is 118 Å². The van der Waals surface area contributed by atoms with E-state index in [1.54, 1.807) is 0 Å². The molecule has 0 aliphatic heterocycles. The van der Waals surface area contributed by atoms with Crippen molar-refractivity contribution < 1.29 is 0 Å². The first-order valence-corrected chi connectivity index (χ1v) is 10.1. The van der Waals surface area contributed by atoms with Crippen LogP contribution in [0.1, 0.15) is 118 Å². The van der Waals surface area contributed by atoms with Crippen LogP contribution < -0.4 is 0 Å². The second kappa shape index (κ2) is 16.4. The Hall–Kier alpha value is 0. The van der Waals surface area contributed by atoms with Gasteiger partial charge in [-0.25, -0.2) is 0 Å². The molecular weight excluding hydrogens is 252 g/mol. The summed E-state index contributed by atoms with van der Waals surface area (Å²) in [7, 11) is 0. The zero-order chi connectivity index (χ0) is 15.8. The summed E-state index contributed by atoms with van der Waals surface area (Å²) < 4.78 is 0. The zero-order valence-electron chi connectivity index (χ0n) is 15.6. The van der Waals surface area contributed by atoms with Crippen molar-refractivity contribution in [2.75, 3.05) is 0 Å². The Morgan fingerprint density at radius 3 is 1.48 bits per heavy atom. The normalized spacial score (nSPS) is 14.3. The first-order valence-electron chi connectivity index (χ1n) is 10.1. The fraction of sp³-hybridized carbons (Fsp3) is 0.952. The molecule has 2 unspecified atom stereocenters. The van der Waals surface area contributed by atoms with Crippen LogP contribution in [0.15, 0.2) is 0 Å². The Balaban J connectivity index is 3.94. The predicted molar refractivity (Wildman–Crippen MR) is 98.6 cm³/mol. The van der Waals surface area contributed by atoms with E-state index in [1.807, 2.05) is 0 Å². The van der Waals surface area contributed by atoms with Gasteiger partial charge in [0.05, 0.1) is 0 Å². The van der Waals surface area contributed by atoms with Crippen molar-refractivity contribution in [1.82, 2.24) is 0 Å². The Labute approximate surface area is 136 Å². The van der Waals surface area contributed by atoms with Gasteiger partial charge in [-0.05, 0) is 18.3 Å². The lowest BCUT2D eigenvalue weighted by Crippen LogP contribution is -2.11. The minimum Gasteiger partial charge on any atom is -0.0654 e. The third kappa shape index (κ3) is 13.4. The van der Waals surface area contributed by atoms with Gasteiger partial charge in [0.15, 0.2) is 0 Å². The van der Waals surface area contributed by atoms with Crippen LogP contribution in [0.5, 0.6) is 0 Å². The monoisotopic (exact) mass is 295 g/mol. The summed E-state index contributed by atoms with van der Waals surface area (Å²) >= 11 is 0. The molecule has 0 saturated carbocycles. The van der Waals surface area contributed by atoms with Crippen LogP contribution in [0.25, 0.3) is 0 Å². The van der Waals surface area contributed by atoms with E-state index >= 15 is 0 Å². The molecule has 21 heavy (non-hydrogen) atoms. The van der Waals surface area contributed by atoms with E-state index in [2.05, 4.69) is 34.1 Å². The standard InChI is InChI=1S/C21H43/c1-5-9-11-12-13-14-18-21(16-8-4)19-20(15-7-3)17-10-6-2/h19-21H,5-18H2,1-4H3. The Bertz CT molecular complexity index is 184. The number of hydrogen-bond acceptors (Lipinski definition) is 0. The zero-order valence-corrected chi connectivity index (χ0v) is 15.6. The van der Waals surface area contributed by atoms with Gasteiger partial charge in [0.2, 0.25) is 0 Å². The molecule has 0 aliphatic rings. The van der Waals surface area contributed by atoms with Crippen LogP contribution in [-0.4, -0.2) is 0 Å². The maximum atomic E-state index is 2.76. The highest BCUT2D eigenvalue weighted by atomic mass is 14.2. The van der Waals surface area contributed by atoms with E-state index < -0.39 is 0 Å². The molecule has 0 aromatic rings. The van der Waals surface area contributed by atoms with Crippen molar-refractivity contribution in [3.8, 4) is 0 Å². The molecule has 0 rings (SSSR count). The summed E-state index contributed by atoms with van der Waals surface area (Å²) in [5, 5.41) is 0. The van der Waals surface area contributed by atoms with Crippen molar-refractivity contribution in [1.29, 1.82) is 0 Å². The van der Waals surface area contributed by atoms with Crippen molar-refractivity contribution >= 4 is 0 Å². The van der Waals surface area contributed by atoms with E-state index in [9.17, 15) is 0 Å². The lowest BCUT2D eigenvalue weighted by Gasteiger charge is -2.23. The molecule has 1 radical (unpaired) electrons. The smallest absolute Gasteiger partial charge is 0.0324 e. The van der Waals surface area contributed by atoms with E-state index in [0.717, 1.165) is 11.8 Å². The minimum atomic E-state index is 0.895. The molecule has 2 atom stereocenters. The SMILES string of the molecule is CCCCCCCCC([CH]C(CCC)CCCC)CCC. The molecule has 0 aromatic carbocycles. The van der Waals surface area contributed by atoms with E-state index in [1.165, 1.54) is 89.9 Å². The van der Waals surface area contributed by atoms with E-state index in [4.69, 9.17) is 0 Å². The molecule has 0 aromatic heterocycles. The average molecular weight is 296 g/mol. The van der Waals surface area contributed by atoms with Crippen LogP contribution in [0.3, 0.4) is 0 Å². The number of unbranched alkanes of at least 4 members (excludes halogenated alkanes) is 6. The first kappa shape index (κ1) is 21.0. The molecule has 0 fully saturated rings. The van der Waals surface area contributed by atoms with Gasteiger partial charge in [0, 0.05) is 0 Å². The maximum Gasteiger partial charge on any atom is -0.0324 e. The highest BCUT2D eigenvalue weighted by Crippen LogP contribution is 2.28. The van der Waals surface area contributed by atoms with E-state index in [-0.39, 0.29) is 0 Å². The lowest BCUT2D eigenvalue weighted by atomic mass is 9.83. The molecule has 0 heteroatoms. The fourth-order valence-electron chi connectivity index (χ4n) is 3.45. The summed E-state index contributed by atoms with van der Waals surface area (Å²) in [4.78, 5) is 0. The van der Waals surface area contributed by atoms with E-state index in [0.29, 0.717) is 0 Å². The molecule has 0 spiro atoms. The van der Waals surface area contributed by atoms with Crippen LogP contribution >= 0.6 is 0 Å². The van der Waals surface area contributed by atoms with Gasteiger partial charge in [-0.3, -0.25) is 0 Å². The van der Waals surface area contributed by atoms with Crippen molar-refractivity contribution in [3.05, 3.63) is 6.42 Å². The van der Waals surface area contributed by atoms with Crippen LogP contribution in [0.2, 0.25) is 0 Å². The third-order valence-electron chi connectivity index (χ3n) is 4.72. The molecule has 0 N–H and O–H groups in total. The van der Waals surface area contributed by atoms with Gasteiger partial charge in [0.25, 0.3) is 0 Å². The topological polar surface area (TPSA) is 0 Å². The largest absolute Gasteiger partial charge is 0.0654 e. The lowest BCUT2D eigenvalue weighted by molar-refractivity contribution is 0.382. The maximum absolute atomic E-state index is 2.76. The Morgan fingerprint density at radius 2 is 0.952 bits per heavy atom. The summed E-state index contributed by atoms with van der Waals surface area (Å²) in [6.45, 7) is 9.32. The Kier molecular flexibility index (Phi) is 16.4. The van der Waals surface area contributed by atoms with Crippen molar-refractivity contribution in [3.63, 3.8) is 0 Å². The molecule has 0 bridgehead atoms. The number of rotatable bonds is 16. The van der Waals surface area contributed by atoms with Gasteiger partial charge in [-0.15, -0.1) is 0 Å². The summed E-state index contributed by atoms with van der Waals surface area (Å²) in [5.41, 5.74) is 0. The second-order valence-corrected chi connectivity index (χ2v) is 6.99. The molecule has 0 saturated heterocycles. The quantitative estimate of drug-likeness (QED) is 0.253. The summed E-state index contributed by atoms with van der Waals surface area (Å²) in [6.07, 6.45) is 22.6. The molecule has 0 nitrogen and oxygen atoms in total. The summed E-state index contributed by atoms with van der Waals surface area (Å²) in [5.74, 6) is 1.79. The van der Waals surface area contributed by atoms with Crippen LogP contribution in [-0.2, 0) is 0 Å².